The molecular formula is C23H22N2O3S. The molecule has 6 heteroatoms. The summed E-state index contributed by atoms with van der Waals surface area (Å²) in [6.07, 6.45) is 3.15. The van der Waals surface area contributed by atoms with Gasteiger partial charge in [0.25, 0.3) is 0 Å². The molecule has 1 amide bonds. The van der Waals surface area contributed by atoms with E-state index in [9.17, 15) is 9.59 Å². The number of nitrogens with zero attached hydrogens (tertiary/aromatic N) is 1. The van der Waals surface area contributed by atoms with E-state index in [0.717, 1.165) is 16.7 Å². The van der Waals surface area contributed by atoms with Crippen LogP contribution < -0.4 is 5.73 Å². The number of ether oxygens (including phenoxy) is 1. The fourth-order valence-corrected chi connectivity index (χ4v) is 4.87. The van der Waals surface area contributed by atoms with E-state index in [0.29, 0.717) is 11.4 Å². The highest BCUT2D eigenvalue weighted by Gasteiger charge is 2.52. The summed E-state index contributed by atoms with van der Waals surface area (Å²) < 4.78 is 6.00. The van der Waals surface area contributed by atoms with Crippen molar-refractivity contribution in [2.24, 2.45) is 5.73 Å². The van der Waals surface area contributed by atoms with Gasteiger partial charge in [-0.25, -0.2) is 4.79 Å². The number of thioether (sulfide) groups is 1. The van der Waals surface area contributed by atoms with E-state index >= 15 is 0 Å². The second kappa shape index (κ2) is 8.27. The van der Waals surface area contributed by atoms with Crippen LogP contribution in [0.2, 0.25) is 0 Å². The van der Waals surface area contributed by atoms with Crippen LogP contribution in [0.3, 0.4) is 0 Å². The number of esters is 1. The molecule has 1 unspecified atom stereocenters. The number of allylic oxidation sites excluding steroid dienone is 2. The third kappa shape index (κ3) is 3.61. The second-order valence-electron chi connectivity index (χ2n) is 6.92. The molecule has 29 heavy (non-hydrogen) atoms. The Morgan fingerprint density at radius 2 is 1.72 bits per heavy atom. The summed E-state index contributed by atoms with van der Waals surface area (Å²) in [5.41, 5.74) is 8.75. The Labute approximate surface area is 174 Å². The number of carbonyl (C=O) groups excluding carboxylic acids is 2. The quantitative estimate of drug-likeness (QED) is 0.609. The topological polar surface area (TPSA) is 72.6 Å². The van der Waals surface area contributed by atoms with E-state index in [1.807, 2.05) is 79.7 Å². The van der Waals surface area contributed by atoms with E-state index in [4.69, 9.17) is 10.5 Å². The molecule has 5 nitrogen and oxygen atoms in total. The molecule has 0 spiro atoms. The summed E-state index contributed by atoms with van der Waals surface area (Å²) in [4.78, 5) is 27.2. The minimum absolute atomic E-state index is 0.217. The Kier molecular flexibility index (Phi) is 5.56. The molecule has 0 radical (unpaired) electrons. The van der Waals surface area contributed by atoms with Gasteiger partial charge in [-0.1, -0.05) is 72.8 Å². The third-order valence-corrected chi connectivity index (χ3v) is 6.35. The maximum atomic E-state index is 13.3. The monoisotopic (exact) mass is 406 g/mol. The van der Waals surface area contributed by atoms with E-state index < -0.39 is 18.1 Å². The smallest absolute Gasteiger partial charge is 0.356 e. The van der Waals surface area contributed by atoms with Gasteiger partial charge in [-0.15, -0.1) is 11.8 Å². The van der Waals surface area contributed by atoms with Gasteiger partial charge in [-0.05, 0) is 23.6 Å². The molecule has 4 rings (SSSR count). The summed E-state index contributed by atoms with van der Waals surface area (Å²) in [5, 5.41) is -0.217. The highest BCUT2D eigenvalue weighted by atomic mass is 32.2. The first-order valence-electron chi connectivity index (χ1n) is 9.48. The summed E-state index contributed by atoms with van der Waals surface area (Å²) in [6.45, 7) is 1.88. The van der Waals surface area contributed by atoms with Crippen LogP contribution in [0.4, 0.5) is 0 Å². The fraction of sp³-hybridized carbons (Fsp3) is 0.217. The minimum atomic E-state index is -0.575. The normalized spacial score (nSPS) is 21.3. The number of hydrogen-bond donors (Lipinski definition) is 1. The van der Waals surface area contributed by atoms with E-state index in [-0.39, 0.29) is 11.3 Å². The average molecular weight is 407 g/mol. The van der Waals surface area contributed by atoms with Gasteiger partial charge >= 0.3 is 5.97 Å². The van der Waals surface area contributed by atoms with Crippen molar-refractivity contribution in [1.29, 1.82) is 0 Å². The molecule has 2 aliphatic heterocycles. The number of carbonyl (C=O) groups is 2. The second-order valence-corrected chi connectivity index (χ2v) is 8.02. The molecule has 2 aliphatic rings. The maximum Gasteiger partial charge on any atom is 0.356 e. The Morgan fingerprint density at radius 3 is 2.28 bits per heavy atom. The molecule has 2 N–H and O–H groups in total. The molecular weight excluding hydrogens is 384 g/mol. The van der Waals surface area contributed by atoms with Gasteiger partial charge in [0, 0.05) is 5.75 Å². The molecule has 2 atom stereocenters. The molecule has 148 valence electrons. The van der Waals surface area contributed by atoms with Crippen LogP contribution in [0.1, 0.15) is 24.2 Å². The van der Waals surface area contributed by atoms with Crippen molar-refractivity contribution in [2.75, 3.05) is 5.75 Å². The number of amides is 1. The maximum absolute atomic E-state index is 13.3. The van der Waals surface area contributed by atoms with Gasteiger partial charge in [0.1, 0.15) is 17.1 Å². The lowest BCUT2D eigenvalue weighted by atomic mass is 10.0. The van der Waals surface area contributed by atoms with Crippen molar-refractivity contribution in [3.8, 4) is 0 Å². The van der Waals surface area contributed by atoms with Crippen LogP contribution in [-0.4, -0.2) is 33.9 Å². The van der Waals surface area contributed by atoms with Gasteiger partial charge in [0.2, 0.25) is 5.91 Å². The zero-order valence-corrected chi connectivity index (χ0v) is 16.8. The Hall–Kier alpha value is -2.83. The molecule has 1 saturated heterocycles. The lowest BCUT2D eigenvalue weighted by Gasteiger charge is -2.48. The Balaban J connectivity index is 1.70. The van der Waals surface area contributed by atoms with Crippen LogP contribution in [0, 0.1) is 0 Å². The molecule has 0 saturated carbocycles. The highest BCUT2D eigenvalue weighted by molar-refractivity contribution is 8.00. The Bertz CT molecular complexity index is 933. The number of β-lactam (4-membered cyclic amide) rings is 1. The number of nitrogens with two attached hydrogens (primary N) is 1. The van der Waals surface area contributed by atoms with Gasteiger partial charge < -0.3 is 10.5 Å². The average Bonchev–Trinajstić information content (AvgIpc) is 2.77. The minimum Gasteiger partial charge on any atom is -0.448 e. The highest BCUT2D eigenvalue weighted by Crippen LogP contribution is 2.41. The van der Waals surface area contributed by atoms with Crippen molar-refractivity contribution >= 4 is 23.6 Å². The third-order valence-electron chi connectivity index (χ3n) is 5.03. The van der Waals surface area contributed by atoms with Gasteiger partial charge in [0.15, 0.2) is 6.10 Å². The standard InChI is InChI=1S/C23H22N2O3S/c1-2-9-17-14-29-22-18(24)21(26)25(22)19(17)23(27)28-20(15-10-5-3-6-11-15)16-12-7-4-8-13-16/h2-13,18,20,22H,14,24H2,1H3/t18?,22-/m0/s1. The lowest BCUT2D eigenvalue weighted by Crippen LogP contribution is -2.68. The summed E-state index contributed by atoms with van der Waals surface area (Å²) >= 11 is 1.57. The predicted molar refractivity (Wildman–Crippen MR) is 114 cm³/mol. The molecule has 1 fully saturated rings. The molecule has 0 bridgehead atoms. The van der Waals surface area contributed by atoms with Crippen molar-refractivity contribution in [3.05, 3.63) is 95.2 Å². The van der Waals surface area contributed by atoms with E-state index in [2.05, 4.69) is 0 Å². The van der Waals surface area contributed by atoms with Gasteiger partial charge in [0.05, 0.1) is 0 Å². The number of rotatable bonds is 5. The van der Waals surface area contributed by atoms with Crippen LogP contribution in [0.15, 0.2) is 84.1 Å². The van der Waals surface area contributed by atoms with Crippen molar-refractivity contribution in [1.82, 2.24) is 4.90 Å². The first-order valence-corrected chi connectivity index (χ1v) is 10.5. The van der Waals surface area contributed by atoms with E-state index in [1.54, 1.807) is 11.8 Å². The van der Waals surface area contributed by atoms with Crippen LogP contribution in [0.25, 0.3) is 0 Å². The van der Waals surface area contributed by atoms with Crippen LogP contribution >= 0.6 is 11.8 Å². The molecule has 2 aromatic carbocycles. The van der Waals surface area contributed by atoms with Crippen LogP contribution in [0.5, 0.6) is 0 Å². The van der Waals surface area contributed by atoms with Crippen molar-refractivity contribution in [3.63, 3.8) is 0 Å². The van der Waals surface area contributed by atoms with E-state index in [1.165, 1.54) is 4.90 Å². The van der Waals surface area contributed by atoms with Crippen molar-refractivity contribution < 1.29 is 14.3 Å². The van der Waals surface area contributed by atoms with Crippen LogP contribution in [-0.2, 0) is 14.3 Å². The number of benzene rings is 2. The largest absolute Gasteiger partial charge is 0.448 e. The Morgan fingerprint density at radius 1 is 1.14 bits per heavy atom. The lowest BCUT2D eigenvalue weighted by molar-refractivity contribution is -0.153. The van der Waals surface area contributed by atoms with Gasteiger partial charge in [-0.2, -0.15) is 0 Å². The molecule has 0 aliphatic carbocycles. The molecule has 0 aromatic heterocycles. The summed E-state index contributed by atoms with van der Waals surface area (Å²) in [6, 6.07) is 18.6. The van der Waals surface area contributed by atoms with Crippen molar-refractivity contribution in [2.45, 2.75) is 24.4 Å². The zero-order chi connectivity index (χ0) is 20.4. The first-order chi connectivity index (χ1) is 14.1. The fourth-order valence-electron chi connectivity index (χ4n) is 3.61. The zero-order valence-electron chi connectivity index (χ0n) is 16.0. The summed E-state index contributed by atoms with van der Waals surface area (Å²) in [5.74, 6) is -0.147. The van der Waals surface area contributed by atoms with Gasteiger partial charge in [-0.3, -0.25) is 9.69 Å². The molecule has 2 aromatic rings. The number of fused-ring (bicyclic) bond motifs is 1. The first kappa shape index (κ1) is 19.5. The predicted octanol–water partition coefficient (Wildman–Crippen LogP) is 3.39. The SMILES string of the molecule is CC=CC1=C(C(=O)OC(c2ccccc2)c2ccccc2)N2C(=O)C(N)[C@@H]2SC1. The molecule has 2 heterocycles. The number of hydrogen-bond acceptors (Lipinski definition) is 5. The summed E-state index contributed by atoms with van der Waals surface area (Å²) in [7, 11) is 0.